The van der Waals surface area contributed by atoms with Gasteiger partial charge in [-0.1, -0.05) is 54.7 Å². The van der Waals surface area contributed by atoms with Crippen LogP contribution in [0.2, 0.25) is 0 Å². The molecule has 0 unspecified atom stereocenters. The molecule has 0 spiro atoms. The lowest BCUT2D eigenvalue weighted by atomic mass is 9.99. The van der Waals surface area contributed by atoms with Gasteiger partial charge in [0.1, 0.15) is 5.01 Å². The highest BCUT2D eigenvalue weighted by Gasteiger charge is 2.39. The molecule has 0 bridgehead atoms. The molecule has 3 aromatic rings. The van der Waals surface area contributed by atoms with Gasteiger partial charge in [0.05, 0.1) is 4.90 Å². The number of aromatic nitrogens is 2. The van der Waals surface area contributed by atoms with Crippen LogP contribution in [0.25, 0.3) is 0 Å². The van der Waals surface area contributed by atoms with E-state index in [9.17, 15) is 18.0 Å². The molecule has 0 saturated carbocycles. The van der Waals surface area contributed by atoms with Crippen molar-refractivity contribution in [2.24, 2.45) is 0 Å². The van der Waals surface area contributed by atoms with E-state index in [-0.39, 0.29) is 29.3 Å². The Balaban J connectivity index is 1.55. The average molecular weight is 457 g/mol. The van der Waals surface area contributed by atoms with E-state index in [1.807, 2.05) is 37.3 Å². The molecule has 4 rings (SSSR count). The van der Waals surface area contributed by atoms with Crippen molar-refractivity contribution in [3.63, 3.8) is 0 Å². The number of nitrogens with zero attached hydrogens (tertiary/aromatic N) is 3. The van der Waals surface area contributed by atoms with E-state index in [4.69, 9.17) is 0 Å². The van der Waals surface area contributed by atoms with Crippen molar-refractivity contribution in [1.82, 2.24) is 14.5 Å². The third-order valence-electron chi connectivity index (χ3n) is 5.03. The molecule has 0 radical (unpaired) electrons. The Labute approximate surface area is 184 Å². The van der Waals surface area contributed by atoms with Crippen LogP contribution in [0, 0.1) is 0 Å². The van der Waals surface area contributed by atoms with E-state index >= 15 is 0 Å². The van der Waals surface area contributed by atoms with Crippen molar-refractivity contribution in [1.29, 1.82) is 0 Å². The minimum atomic E-state index is -4.08. The summed E-state index contributed by atoms with van der Waals surface area (Å²) in [6, 6.07) is 15.0. The van der Waals surface area contributed by atoms with Gasteiger partial charge in [0.2, 0.25) is 11.0 Å². The summed E-state index contributed by atoms with van der Waals surface area (Å²) in [7, 11) is -4.08. The van der Waals surface area contributed by atoms with E-state index < -0.39 is 21.8 Å². The molecule has 2 aromatic carbocycles. The molecule has 10 heteroatoms. The van der Waals surface area contributed by atoms with Gasteiger partial charge in [-0.15, -0.1) is 10.2 Å². The smallest absolute Gasteiger partial charge is 0.266 e. The molecule has 160 valence electrons. The van der Waals surface area contributed by atoms with Gasteiger partial charge in [0, 0.05) is 24.4 Å². The monoisotopic (exact) mass is 456 g/mol. The number of aryl methyl sites for hydroxylation is 1. The van der Waals surface area contributed by atoms with Crippen LogP contribution in [0.4, 0.5) is 5.13 Å². The zero-order valence-electron chi connectivity index (χ0n) is 16.7. The van der Waals surface area contributed by atoms with Gasteiger partial charge in [-0.2, -0.15) is 0 Å². The number of hydrogen-bond donors (Lipinski definition) is 1. The minimum absolute atomic E-state index is 0.0756. The van der Waals surface area contributed by atoms with Crippen LogP contribution in [-0.4, -0.2) is 41.3 Å². The summed E-state index contributed by atoms with van der Waals surface area (Å²) in [5.41, 5.74) is 1.07. The Hall–Kier alpha value is -3.11. The van der Waals surface area contributed by atoms with Gasteiger partial charge in [0.15, 0.2) is 0 Å². The van der Waals surface area contributed by atoms with Gasteiger partial charge >= 0.3 is 0 Å². The SMILES string of the molecule is CCc1nnc(NC(=O)c2cccc(S(=O)(=O)N3C[C@@H](c4ccccc4)CC3=O)c2)s1. The van der Waals surface area contributed by atoms with Crippen molar-refractivity contribution >= 4 is 38.3 Å². The number of anilines is 1. The van der Waals surface area contributed by atoms with E-state index in [0.29, 0.717) is 11.6 Å². The lowest BCUT2D eigenvalue weighted by Gasteiger charge is -2.17. The molecule has 2 amide bonds. The minimum Gasteiger partial charge on any atom is -0.296 e. The molecule has 2 heterocycles. The molecule has 1 aromatic heterocycles. The fraction of sp³-hybridized carbons (Fsp3) is 0.238. The van der Waals surface area contributed by atoms with Crippen molar-refractivity contribution in [3.8, 4) is 0 Å². The van der Waals surface area contributed by atoms with E-state index in [1.54, 1.807) is 0 Å². The van der Waals surface area contributed by atoms with Crippen molar-refractivity contribution in [3.05, 3.63) is 70.7 Å². The summed E-state index contributed by atoms with van der Waals surface area (Å²) >= 11 is 1.26. The molecule has 0 aliphatic carbocycles. The van der Waals surface area contributed by atoms with Gasteiger partial charge in [-0.05, 0) is 30.2 Å². The molecule has 1 fully saturated rings. The summed E-state index contributed by atoms with van der Waals surface area (Å²) in [5, 5.41) is 11.6. The number of carbonyl (C=O) groups is 2. The Bertz CT molecular complexity index is 1220. The molecule has 8 nitrogen and oxygen atoms in total. The van der Waals surface area contributed by atoms with Gasteiger partial charge in [-0.3, -0.25) is 14.9 Å². The number of amides is 2. The van der Waals surface area contributed by atoms with E-state index in [1.165, 1.54) is 35.6 Å². The first kappa shape index (κ1) is 21.1. The van der Waals surface area contributed by atoms with Crippen LogP contribution in [0.3, 0.4) is 0 Å². The number of sulfonamides is 1. The summed E-state index contributed by atoms with van der Waals surface area (Å²) in [6.45, 7) is 2.01. The maximum Gasteiger partial charge on any atom is 0.266 e. The Morgan fingerprint density at radius 2 is 1.94 bits per heavy atom. The van der Waals surface area contributed by atoms with Crippen molar-refractivity contribution in [2.75, 3.05) is 11.9 Å². The first-order valence-electron chi connectivity index (χ1n) is 9.73. The second-order valence-corrected chi connectivity index (χ2v) is 10.0. The van der Waals surface area contributed by atoms with Crippen LogP contribution < -0.4 is 5.32 Å². The average Bonchev–Trinajstić information content (AvgIpc) is 3.41. The number of benzene rings is 2. The largest absolute Gasteiger partial charge is 0.296 e. The summed E-state index contributed by atoms with van der Waals surface area (Å²) in [5.74, 6) is -1.14. The molecule has 1 N–H and O–H groups in total. The second kappa shape index (κ2) is 8.56. The van der Waals surface area contributed by atoms with Crippen molar-refractivity contribution < 1.29 is 18.0 Å². The Morgan fingerprint density at radius 3 is 2.65 bits per heavy atom. The normalized spacial score (nSPS) is 16.5. The number of hydrogen-bond acceptors (Lipinski definition) is 7. The second-order valence-electron chi connectivity index (χ2n) is 7.08. The molecule has 31 heavy (non-hydrogen) atoms. The molecular formula is C21H20N4O4S2. The number of carbonyl (C=O) groups excluding carboxylic acids is 2. The quantitative estimate of drug-likeness (QED) is 0.611. The lowest BCUT2D eigenvalue weighted by Crippen LogP contribution is -2.32. The van der Waals surface area contributed by atoms with E-state index in [2.05, 4.69) is 15.5 Å². The maximum atomic E-state index is 13.2. The van der Waals surface area contributed by atoms with Crippen LogP contribution in [0.15, 0.2) is 59.5 Å². The van der Waals surface area contributed by atoms with Crippen LogP contribution in [0.1, 0.15) is 40.2 Å². The predicted molar refractivity (Wildman–Crippen MR) is 116 cm³/mol. The van der Waals surface area contributed by atoms with Gasteiger partial charge in [0.25, 0.3) is 15.9 Å². The van der Waals surface area contributed by atoms with Gasteiger partial charge in [-0.25, -0.2) is 12.7 Å². The fourth-order valence-corrected chi connectivity index (χ4v) is 5.58. The maximum absolute atomic E-state index is 13.2. The summed E-state index contributed by atoms with van der Waals surface area (Å²) < 4.78 is 27.2. The Kier molecular flexibility index (Phi) is 5.84. The Morgan fingerprint density at radius 1 is 1.16 bits per heavy atom. The van der Waals surface area contributed by atoms with Crippen molar-refractivity contribution in [2.45, 2.75) is 30.6 Å². The molecule has 1 aliphatic heterocycles. The molecular weight excluding hydrogens is 436 g/mol. The summed E-state index contributed by atoms with van der Waals surface area (Å²) in [6.07, 6.45) is 0.829. The summed E-state index contributed by atoms with van der Waals surface area (Å²) in [4.78, 5) is 25.0. The lowest BCUT2D eigenvalue weighted by molar-refractivity contribution is -0.123. The highest BCUT2D eigenvalue weighted by atomic mass is 32.2. The fourth-order valence-electron chi connectivity index (χ4n) is 3.40. The highest BCUT2D eigenvalue weighted by Crippen LogP contribution is 2.32. The first-order valence-corrected chi connectivity index (χ1v) is 12.0. The topological polar surface area (TPSA) is 109 Å². The van der Waals surface area contributed by atoms with Gasteiger partial charge < -0.3 is 0 Å². The zero-order valence-corrected chi connectivity index (χ0v) is 18.3. The van der Waals surface area contributed by atoms with Crippen LogP contribution in [-0.2, 0) is 21.2 Å². The first-order chi connectivity index (χ1) is 14.9. The van der Waals surface area contributed by atoms with Crippen LogP contribution in [0.5, 0.6) is 0 Å². The molecule has 1 atom stereocenters. The standard InChI is InChI=1S/C21H20N4O4S2/c1-2-18-23-24-21(30-18)22-20(27)15-9-6-10-17(11-15)31(28,29)25-13-16(12-19(25)26)14-7-4-3-5-8-14/h3-11,16H,2,12-13H2,1H3,(H,22,24,27)/t16-/m0/s1. The predicted octanol–water partition coefficient (Wildman–Crippen LogP) is 3.06. The molecule has 1 saturated heterocycles. The highest BCUT2D eigenvalue weighted by molar-refractivity contribution is 7.89. The number of nitrogens with one attached hydrogen (secondary N) is 1. The third-order valence-corrected chi connectivity index (χ3v) is 7.80. The number of rotatable bonds is 6. The van der Waals surface area contributed by atoms with Crippen LogP contribution >= 0.6 is 11.3 Å². The zero-order chi connectivity index (χ0) is 22.0. The third kappa shape index (κ3) is 4.35. The molecule has 1 aliphatic rings. The van der Waals surface area contributed by atoms with E-state index in [0.717, 1.165) is 14.9 Å².